The zero-order valence-corrected chi connectivity index (χ0v) is 13.8. The number of nitrogens with one attached hydrogen (secondary N) is 1. The summed E-state index contributed by atoms with van der Waals surface area (Å²) < 4.78 is 24.1. The number of hydrogen-bond acceptors (Lipinski definition) is 4. The minimum atomic E-state index is -3.17. The van der Waals surface area contributed by atoms with Crippen LogP contribution < -0.4 is 5.32 Å². The molecule has 0 aliphatic heterocycles. The minimum Gasteiger partial charge on any atom is -0.352 e. The Balaban J connectivity index is 1.76. The summed E-state index contributed by atoms with van der Waals surface area (Å²) in [6, 6.07) is 12.5. The molecule has 0 atom stereocenters. The third-order valence-corrected chi connectivity index (χ3v) is 5.00. The van der Waals surface area contributed by atoms with Gasteiger partial charge in [-0.1, -0.05) is 30.3 Å². The quantitative estimate of drug-likeness (QED) is 0.788. The molecule has 23 heavy (non-hydrogen) atoms. The first-order chi connectivity index (χ1) is 11.0. The number of nitrogens with zero attached hydrogens (tertiary/aromatic N) is 1. The highest BCUT2D eigenvalue weighted by Gasteiger charge is 2.12. The Bertz CT molecular complexity index is 741. The highest BCUT2D eigenvalue weighted by Crippen LogP contribution is 2.07. The largest absolute Gasteiger partial charge is 0.352 e. The molecule has 0 spiro atoms. The summed E-state index contributed by atoms with van der Waals surface area (Å²) in [6.45, 7) is 2.17. The van der Waals surface area contributed by atoms with Gasteiger partial charge >= 0.3 is 0 Å². The van der Waals surface area contributed by atoms with Gasteiger partial charge in [-0.25, -0.2) is 8.42 Å². The van der Waals surface area contributed by atoms with Crippen molar-refractivity contribution >= 4 is 15.7 Å². The lowest BCUT2D eigenvalue weighted by Gasteiger charge is -2.07. The number of sulfone groups is 1. The predicted octanol–water partition coefficient (Wildman–Crippen LogP) is 2.12. The predicted molar refractivity (Wildman–Crippen MR) is 89.9 cm³/mol. The second-order valence-electron chi connectivity index (χ2n) is 5.38. The van der Waals surface area contributed by atoms with Gasteiger partial charge in [0.2, 0.25) is 0 Å². The summed E-state index contributed by atoms with van der Waals surface area (Å²) in [6.07, 6.45) is 1.90. The molecule has 0 bridgehead atoms. The van der Waals surface area contributed by atoms with E-state index < -0.39 is 9.84 Å². The van der Waals surface area contributed by atoms with Gasteiger partial charge in [0.05, 0.1) is 17.1 Å². The van der Waals surface area contributed by atoms with Gasteiger partial charge in [0.1, 0.15) is 0 Å². The molecule has 0 radical (unpaired) electrons. The van der Waals surface area contributed by atoms with Crippen molar-refractivity contribution in [2.24, 2.45) is 0 Å². The SMILES string of the molecule is Cc1ccc(C(=O)NCCCS(=O)(=O)Cc2ccccc2)cn1. The molecule has 0 fully saturated rings. The van der Waals surface area contributed by atoms with E-state index in [-0.39, 0.29) is 17.4 Å². The number of hydrogen-bond donors (Lipinski definition) is 1. The molecule has 1 amide bonds. The number of aromatic nitrogens is 1. The molecule has 1 aromatic heterocycles. The van der Waals surface area contributed by atoms with Gasteiger partial charge in [0.15, 0.2) is 9.84 Å². The molecule has 1 aromatic carbocycles. The maximum Gasteiger partial charge on any atom is 0.252 e. The molecule has 0 aliphatic rings. The van der Waals surface area contributed by atoms with E-state index in [1.54, 1.807) is 24.3 Å². The Labute approximate surface area is 136 Å². The molecule has 1 N–H and O–H groups in total. The summed E-state index contributed by atoms with van der Waals surface area (Å²) in [4.78, 5) is 15.9. The fourth-order valence-corrected chi connectivity index (χ4v) is 3.53. The van der Waals surface area contributed by atoms with Crippen molar-refractivity contribution in [1.82, 2.24) is 10.3 Å². The number of amides is 1. The molecule has 122 valence electrons. The molecule has 0 unspecified atom stereocenters. The van der Waals surface area contributed by atoms with Gasteiger partial charge in [-0.2, -0.15) is 0 Å². The Morgan fingerprint density at radius 1 is 1.13 bits per heavy atom. The molecule has 2 rings (SSSR count). The average molecular weight is 332 g/mol. The highest BCUT2D eigenvalue weighted by atomic mass is 32.2. The fraction of sp³-hybridized carbons (Fsp3) is 0.294. The van der Waals surface area contributed by atoms with Crippen LogP contribution in [0.2, 0.25) is 0 Å². The Hall–Kier alpha value is -2.21. The molecule has 0 aliphatic carbocycles. The fourth-order valence-electron chi connectivity index (χ4n) is 2.10. The first kappa shape index (κ1) is 17.1. The smallest absolute Gasteiger partial charge is 0.252 e. The third kappa shape index (κ3) is 5.83. The van der Waals surface area contributed by atoms with Crippen LogP contribution in [0.15, 0.2) is 48.7 Å². The second-order valence-corrected chi connectivity index (χ2v) is 7.56. The lowest BCUT2D eigenvalue weighted by atomic mass is 10.2. The Kier molecular flexibility index (Phi) is 5.87. The zero-order chi connectivity index (χ0) is 16.7. The molecule has 0 saturated heterocycles. The molecule has 6 heteroatoms. The second kappa shape index (κ2) is 7.87. The zero-order valence-electron chi connectivity index (χ0n) is 13.0. The topological polar surface area (TPSA) is 76.1 Å². The van der Waals surface area contributed by atoms with Crippen molar-refractivity contribution in [2.45, 2.75) is 19.1 Å². The molecule has 5 nitrogen and oxygen atoms in total. The van der Waals surface area contributed by atoms with Crippen LogP contribution in [0.25, 0.3) is 0 Å². The van der Waals surface area contributed by atoms with E-state index in [4.69, 9.17) is 0 Å². The summed E-state index contributed by atoms with van der Waals surface area (Å²) in [5, 5.41) is 2.71. The van der Waals surface area contributed by atoms with Crippen LogP contribution in [-0.2, 0) is 15.6 Å². The Morgan fingerprint density at radius 2 is 1.87 bits per heavy atom. The van der Waals surface area contributed by atoms with Crippen LogP contribution >= 0.6 is 0 Å². The van der Waals surface area contributed by atoms with Crippen molar-refractivity contribution in [1.29, 1.82) is 0 Å². The molecular formula is C17H20N2O3S. The van der Waals surface area contributed by atoms with Gasteiger partial charge < -0.3 is 5.32 Å². The average Bonchev–Trinajstić information content (AvgIpc) is 2.52. The van der Waals surface area contributed by atoms with E-state index in [1.165, 1.54) is 6.20 Å². The minimum absolute atomic E-state index is 0.0314. The van der Waals surface area contributed by atoms with E-state index in [2.05, 4.69) is 10.3 Å². The van der Waals surface area contributed by atoms with Gasteiger partial charge in [0, 0.05) is 18.4 Å². The van der Waals surface area contributed by atoms with Crippen molar-refractivity contribution in [3.63, 3.8) is 0 Å². The van der Waals surface area contributed by atoms with E-state index in [0.29, 0.717) is 18.5 Å². The van der Waals surface area contributed by atoms with Crippen LogP contribution in [0, 0.1) is 6.92 Å². The summed E-state index contributed by atoms with van der Waals surface area (Å²) in [7, 11) is -3.17. The third-order valence-electron chi connectivity index (χ3n) is 3.32. The van der Waals surface area contributed by atoms with E-state index in [1.807, 2.05) is 25.1 Å². The maximum absolute atomic E-state index is 12.0. The lowest BCUT2D eigenvalue weighted by molar-refractivity contribution is 0.0953. The number of benzene rings is 1. The normalized spacial score (nSPS) is 11.2. The van der Waals surface area contributed by atoms with E-state index in [0.717, 1.165) is 11.3 Å². The highest BCUT2D eigenvalue weighted by molar-refractivity contribution is 7.90. The number of aryl methyl sites for hydroxylation is 1. The van der Waals surface area contributed by atoms with Gasteiger partial charge in [0.25, 0.3) is 5.91 Å². The van der Waals surface area contributed by atoms with Gasteiger partial charge in [-0.3, -0.25) is 9.78 Å². The van der Waals surface area contributed by atoms with Crippen molar-refractivity contribution in [3.8, 4) is 0 Å². The van der Waals surface area contributed by atoms with Crippen LogP contribution in [0.3, 0.4) is 0 Å². The van der Waals surface area contributed by atoms with Crippen LogP contribution in [0.1, 0.15) is 28.0 Å². The maximum atomic E-state index is 12.0. The van der Waals surface area contributed by atoms with Crippen LogP contribution in [0.5, 0.6) is 0 Å². The van der Waals surface area contributed by atoms with Crippen molar-refractivity contribution < 1.29 is 13.2 Å². The van der Waals surface area contributed by atoms with Crippen molar-refractivity contribution in [3.05, 3.63) is 65.5 Å². The van der Waals surface area contributed by atoms with Gasteiger partial charge in [-0.05, 0) is 31.0 Å². The first-order valence-corrected chi connectivity index (χ1v) is 9.24. The van der Waals surface area contributed by atoms with E-state index in [9.17, 15) is 13.2 Å². The van der Waals surface area contributed by atoms with E-state index >= 15 is 0 Å². The van der Waals surface area contributed by atoms with Gasteiger partial charge in [-0.15, -0.1) is 0 Å². The Morgan fingerprint density at radius 3 is 2.52 bits per heavy atom. The van der Waals surface area contributed by atoms with Crippen LogP contribution in [-0.4, -0.2) is 31.6 Å². The first-order valence-electron chi connectivity index (χ1n) is 7.41. The van der Waals surface area contributed by atoms with Crippen LogP contribution in [0.4, 0.5) is 0 Å². The number of rotatable bonds is 7. The lowest BCUT2D eigenvalue weighted by Crippen LogP contribution is -2.26. The standard InChI is InChI=1S/C17H20N2O3S/c1-14-8-9-16(12-19-14)17(20)18-10-5-11-23(21,22)13-15-6-3-2-4-7-15/h2-4,6-9,12H,5,10-11,13H2,1H3,(H,18,20). The monoisotopic (exact) mass is 332 g/mol. The molecule has 2 aromatic rings. The summed E-state index contributed by atoms with van der Waals surface area (Å²) in [5.41, 5.74) is 2.10. The molecule has 0 saturated carbocycles. The number of carbonyl (C=O) groups is 1. The summed E-state index contributed by atoms with van der Waals surface area (Å²) in [5.74, 6) is -0.157. The van der Waals surface area contributed by atoms with Crippen molar-refractivity contribution in [2.75, 3.05) is 12.3 Å². The molecule has 1 heterocycles. The number of carbonyl (C=O) groups excluding carboxylic acids is 1. The number of pyridine rings is 1. The molecular weight excluding hydrogens is 312 g/mol. The summed E-state index contributed by atoms with van der Waals surface area (Å²) >= 11 is 0.